The lowest BCUT2D eigenvalue weighted by atomic mass is 10.2. The van der Waals surface area contributed by atoms with Crippen molar-refractivity contribution in [2.45, 2.75) is 40.8 Å². The molecule has 2 heterocycles. The summed E-state index contributed by atoms with van der Waals surface area (Å²) in [7, 11) is 1.30. The molecule has 0 aliphatic rings. The molecule has 6 nitrogen and oxygen atoms in total. The van der Waals surface area contributed by atoms with Gasteiger partial charge in [-0.1, -0.05) is 0 Å². The molecule has 23 heavy (non-hydrogen) atoms. The quantitative estimate of drug-likeness (QED) is 0.792. The summed E-state index contributed by atoms with van der Waals surface area (Å²) in [6.07, 6.45) is 0. The molecule has 0 unspecified atom stereocenters. The fraction of sp³-hybridized carbons (Fsp3) is 0.412. The van der Waals surface area contributed by atoms with Crippen LogP contribution in [0.2, 0.25) is 0 Å². The number of hydrogen-bond donors (Lipinski definition) is 0. The van der Waals surface area contributed by atoms with Crippen LogP contribution in [0.4, 0.5) is 0 Å². The van der Waals surface area contributed by atoms with Crippen LogP contribution in [0.25, 0.3) is 0 Å². The Kier molecular flexibility index (Phi) is 4.93. The van der Waals surface area contributed by atoms with Crippen LogP contribution >= 0.6 is 0 Å². The van der Waals surface area contributed by atoms with Crippen molar-refractivity contribution in [1.82, 2.24) is 4.57 Å². The van der Waals surface area contributed by atoms with Gasteiger partial charge < -0.3 is 18.5 Å². The third-order valence-electron chi connectivity index (χ3n) is 3.83. The minimum atomic E-state index is -0.477. The Hall–Kier alpha value is -2.50. The van der Waals surface area contributed by atoms with Crippen molar-refractivity contribution in [3.63, 3.8) is 0 Å². The lowest BCUT2D eigenvalue weighted by Crippen LogP contribution is -2.07. The molecule has 0 saturated carbocycles. The first-order valence-corrected chi connectivity index (χ1v) is 7.40. The van der Waals surface area contributed by atoms with E-state index >= 15 is 0 Å². The van der Waals surface area contributed by atoms with Crippen molar-refractivity contribution in [3.05, 3.63) is 46.2 Å². The van der Waals surface area contributed by atoms with Crippen molar-refractivity contribution in [1.29, 1.82) is 0 Å². The summed E-state index contributed by atoms with van der Waals surface area (Å²) in [5.74, 6) is -0.0469. The van der Waals surface area contributed by atoms with E-state index in [4.69, 9.17) is 9.15 Å². The van der Waals surface area contributed by atoms with Crippen molar-refractivity contribution < 1.29 is 23.5 Å². The molecular formula is C17H21NO5. The van der Waals surface area contributed by atoms with Gasteiger partial charge in [-0.2, -0.15) is 0 Å². The summed E-state index contributed by atoms with van der Waals surface area (Å²) in [6.45, 7) is 8.28. The Morgan fingerprint density at radius 3 is 2.39 bits per heavy atom. The van der Waals surface area contributed by atoms with Crippen molar-refractivity contribution in [3.8, 4) is 0 Å². The molecule has 0 aliphatic heterocycles. The Balaban J connectivity index is 2.09. The highest BCUT2D eigenvalue weighted by Gasteiger charge is 2.19. The van der Waals surface area contributed by atoms with E-state index in [1.165, 1.54) is 13.2 Å². The number of aromatic nitrogens is 1. The minimum Gasteiger partial charge on any atom is -0.465 e. The van der Waals surface area contributed by atoms with Crippen LogP contribution in [0.3, 0.4) is 0 Å². The number of furan rings is 1. The molecule has 0 bridgehead atoms. The molecular weight excluding hydrogens is 298 g/mol. The molecule has 0 saturated heterocycles. The third kappa shape index (κ3) is 3.31. The van der Waals surface area contributed by atoms with Gasteiger partial charge in [0.15, 0.2) is 0 Å². The molecule has 2 aromatic heterocycles. The van der Waals surface area contributed by atoms with Crippen LogP contribution in [0.5, 0.6) is 0 Å². The van der Waals surface area contributed by atoms with E-state index in [1.54, 1.807) is 6.92 Å². The highest BCUT2D eigenvalue weighted by molar-refractivity contribution is 5.91. The number of aryl methyl sites for hydroxylation is 2. The van der Waals surface area contributed by atoms with Crippen LogP contribution in [-0.2, 0) is 22.6 Å². The Labute approximate surface area is 135 Å². The number of rotatable bonds is 5. The normalized spacial score (nSPS) is 10.7. The van der Waals surface area contributed by atoms with Crippen LogP contribution in [0, 0.1) is 20.8 Å². The molecule has 0 amide bonds. The number of ether oxygens (including phenoxy) is 2. The average Bonchev–Trinajstić information content (AvgIpc) is 3.03. The van der Waals surface area contributed by atoms with Gasteiger partial charge in [0, 0.05) is 17.9 Å². The second-order valence-electron chi connectivity index (χ2n) is 5.28. The molecule has 0 radical (unpaired) electrons. The van der Waals surface area contributed by atoms with Gasteiger partial charge in [0.25, 0.3) is 0 Å². The van der Waals surface area contributed by atoms with E-state index in [9.17, 15) is 9.59 Å². The predicted molar refractivity (Wildman–Crippen MR) is 83.5 cm³/mol. The van der Waals surface area contributed by atoms with E-state index in [-0.39, 0.29) is 6.61 Å². The number of carbonyl (C=O) groups excluding carboxylic acids is 2. The van der Waals surface area contributed by atoms with Gasteiger partial charge in [0.1, 0.15) is 23.7 Å². The third-order valence-corrected chi connectivity index (χ3v) is 3.83. The first-order chi connectivity index (χ1) is 10.9. The number of carbonyl (C=O) groups is 2. The van der Waals surface area contributed by atoms with E-state index in [0.29, 0.717) is 22.6 Å². The van der Waals surface area contributed by atoms with Crippen LogP contribution < -0.4 is 0 Å². The van der Waals surface area contributed by atoms with Gasteiger partial charge in [0.2, 0.25) is 0 Å². The van der Waals surface area contributed by atoms with Gasteiger partial charge in [-0.15, -0.1) is 0 Å². The van der Waals surface area contributed by atoms with Gasteiger partial charge in [-0.25, -0.2) is 9.59 Å². The van der Waals surface area contributed by atoms with E-state index in [0.717, 1.165) is 17.9 Å². The molecule has 0 aliphatic carbocycles. The lowest BCUT2D eigenvalue weighted by Gasteiger charge is -2.06. The zero-order valence-corrected chi connectivity index (χ0v) is 14.1. The molecule has 2 rings (SSSR count). The number of hydrogen-bond acceptors (Lipinski definition) is 5. The topological polar surface area (TPSA) is 70.7 Å². The second kappa shape index (κ2) is 6.73. The number of nitrogens with zero attached hydrogens (tertiary/aromatic N) is 1. The largest absolute Gasteiger partial charge is 0.465 e. The van der Waals surface area contributed by atoms with Crippen LogP contribution in [0.1, 0.15) is 50.5 Å². The van der Waals surface area contributed by atoms with Gasteiger partial charge in [-0.3, -0.25) is 0 Å². The first-order valence-electron chi connectivity index (χ1n) is 7.40. The predicted octanol–water partition coefficient (Wildman–Crippen LogP) is 3.17. The van der Waals surface area contributed by atoms with Crippen LogP contribution in [-0.4, -0.2) is 23.6 Å². The fourth-order valence-electron chi connectivity index (χ4n) is 2.64. The molecule has 124 valence electrons. The van der Waals surface area contributed by atoms with Crippen molar-refractivity contribution in [2.75, 3.05) is 7.11 Å². The standard InChI is InChI=1S/C17H21NO5/c1-6-18-10(2)7-14(11(18)3)17(20)22-9-13-8-15(12(4)23-13)16(19)21-5/h7-8H,6,9H2,1-5H3. The zero-order valence-electron chi connectivity index (χ0n) is 14.1. The van der Waals surface area contributed by atoms with Gasteiger partial charge in [0.05, 0.1) is 12.7 Å². The second-order valence-corrected chi connectivity index (χ2v) is 5.28. The monoisotopic (exact) mass is 319 g/mol. The summed E-state index contributed by atoms with van der Waals surface area (Å²) in [5, 5.41) is 0. The minimum absolute atomic E-state index is 0.0353. The summed E-state index contributed by atoms with van der Waals surface area (Å²) in [4.78, 5) is 23.8. The Morgan fingerprint density at radius 2 is 1.83 bits per heavy atom. The maximum Gasteiger partial charge on any atom is 0.341 e. The average molecular weight is 319 g/mol. The summed E-state index contributed by atoms with van der Waals surface area (Å²) in [5.41, 5.74) is 2.77. The fourth-order valence-corrected chi connectivity index (χ4v) is 2.64. The molecule has 0 spiro atoms. The smallest absolute Gasteiger partial charge is 0.341 e. The molecule has 0 aromatic carbocycles. The van der Waals surface area contributed by atoms with Crippen molar-refractivity contribution in [2.24, 2.45) is 0 Å². The van der Waals surface area contributed by atoms with Crippen molar-refractivity contribution >= 4 is 11.9 Å². The maximum atomic E-state index is 12.2. The number of esters is 2. The highest BCUT2D eigenvalue weighted by atomic mass is 16.5. The SMILES string of the molecule is CCn1c(C)cc(C(=O)OCc2cc(C(=O)OC)c(C)o2)c1C. The van der Waals surface area contributed by atoms with E-state index in [1.807, 2.05) is 31.4 Å². The highest BCUT2D eigenvalue weighted by Crippen LogP contribution is 2.19. The van der Waals surface area contributed by atoms with Gasteiger partial charge in [-0.05, 0) is 39.8 Å². The summed E-state index contributed by atoms with van der Waals surface area (Å²) < 4.78 is 17.4. The Bertz CT molecular complexity index is 738. The van der Waals surface area contributed by atoms with E-state index in [2.05, 4.69) is 4.74 Å². The van der Waals surface area contributed by atoms with Gasteiger partial charge >= 0.3 is 11.9 Å². The van der Waals surface area contributed by atoms with Crippen LogP contribution in [0.15, 0.2) is 16.5 Å². The Morgan fingerprint density at radius 1 is 1.13 bits per heavy atom. The maximum absolute atomic E-state index is 12.2. The van der Waals surface area contributed by atoms with E-state index < -0.39 is 11.9 Å². The zero-order chi connectivity index (χ0) is 17.1. The number of methoxy groups -OCH3 is 1. The molecule has 0 atom stereocenters. The first kappa shape index (κ1) is 16.9. The summed E-state index contributed by atoms with van der Waals surface area (Å²) in [6, 6.07) is 3.35. The molecule has 0 fully saturated rings. The molecule has 0 N–H and O–H groups in total. The molecule has 2 aromatic rings. The lowest BCUT2D eigenvalue weighted by molar-refractivity contribution is 0.0443. The molecule has 6 heteroatoms. The summed E-state index contributed by atoms with van der Waals surface area (Å²) >= 11 is 0.